The Balaban J connectivity index is 1.48. The average Bonchev–Trinajstić information content (AvgIpc) is 3.22. The van der Waals surface area contributed by atoms with Gasteiger partial charge >= 0.3 is 0 Å². The highest BCUT2D eigenvalue weighted by Crippen LogP contribution is 2.31. The quantitative estimate of drug-likeness (QED) is 0.875. The van der Waals surface area contributed by atoms with Crippen LogP contribution in [0.5, 0.6) is 5.75 Å². The first kappa shape index (κ1) is 16.8. The number of anilines is 1. The van der Waals surface area contributed by atoms with E-state index in [1.165, 1.54) is 4.88 Å². The molecular weight excluding hydrogens is 320 g/mol. The molecule has 1 atom stereocenters. The minimum atomic E-state index is 0.118. The fourth-order valence-corrected chi connectivity index (χ4v) is 4.06. The van der Waals surface area contributed by atoms with Gasteiger partial charge in [0, 0.05) is 29.4 Å². The first-order valence-corrected chi connectivity index (χ1v) is 9.17. The molecule has 1 N–H and O–H groups in total. The number of hydrogen-bond acceptors (Lipinski definition) is 4. The zero-order valence-corrected chi connectivity index (χ0v) is 15.1. The smallest absolute Gasteiger partial charge is 0.225 e. The van der Waals surface area contributed by atoms with Crippen LogP contribution in [0.4, 0.5) is 5.69 Å². The lowest BCUT2D eigenvalue weighted by Gasteiger charge is -2.21. The molecule has 3 rings (SSSR count). The second-order valence-corrected chi connectivity index (χ2v) is 7.64. The molecule has 0 spiro atoms. The lowest BCUT2D eigenvalue weighted by atomic mass is 10.1. The van der Waals surface area contributed by atoms with E-state index in [2.05, 4.69) is 29.3 Å². The molecule has 0 aliphatic carbocycles. The number of nitrogens with zero attached hydrogens (tertiary/aromatic N) is 1. The number of para-hydroxylation sites is 2. The van der Waals surface area contributed by atoms with E-state index in [1.807, 2.05) is 24.3 Å². The summed E-state index contributed by atoms with van der Waals surface area (Å²) in [6.45, 7) is 4.77. The van der Waals surface area contributed by atoms with Crippen LogP contribution in [0, 0.1) is 12.8 Å². The summed E-state index contributed by atoms with van der Waals surface area (Å²) in [5, 5.41) is 3.09. The third-order valence-electron chi connectivity index (χ3n) is 4.43. The molecule has 0 bridgehead atoms. The molecule has 1 unspecified atom stereocenters. The van der Waals surface area contributed by atoms with Gasteiger partial charge in [-0.3, -0.25) is 4.79 Å². The molecule has 0 radical (unpaired) electrons. The van der Waals surface area contributed by atoms with E-state index >= 15 is 0 Å². The predicted molar refractivity (Wildman–Crippen MR) is 99.1 cm³/mol. The van der Waals surface area contributed by atoms with Gasteiger partial charge in [-0.15, -0.1) is 11.3 Å². The van der Waals surface area contributed by atoms with Crippen molar-refractivity contribution in [3.05, 3.63) is 46.2 Å². The number of aryl methyl sites for hydroxylation is 1. The van der Waals surface area contributed by atoms with Crippen molar-refractivity contribution >= 4 is 22.9 Å². The molecule has 5 heteroatoms. The van der Waals surface area contributed by atoms with Crippen molar-refractivity contribution in [2.45, 2.75) is 19.8 Å². The summed E-state index contributed by atoms with van der Waals surface area (Å²) < 4.78 is 5.45. The van der Waals surface area contributed by atoms with Crippen molar-refractivity contribution in [3.63, 3.8) is 0 Å². The van der Waals surface area contributed by atoms with Gasteiger partial charge in [-0.25, -0.2) is 0 Å². The molecule has 1 aromatic heterocycles. The van der Waals surface area contributed by atoms with Gasteiger partial charge in [0.25, 0.3) is 0 Å². The SMILES string of the molecule is COc1ccccc1N1CCC(CNC(=O)Cc2ccc(C)s2)C1. The average molecular weight is 344 g/mol. The molecule has 1 aromatic carbocycles. The molecular formula is C19H24N2O2S. The summed E-state index contributed by atoms with van der Waals surface area (Å²) in [6, 6.07) is 12.2. The van der Waals surface area contributed by atoms with Crippen LogP contribution in [-0.4, -0.2) is 32.7 Å². The molecule has 4 nitrogen and oxygen atoms in total. The number of nitrogens with one attached hydrogen (secondary N) is 1. The summed E-state index contributed by atoms with van der Waals surface area (Å²) >= 11 is 1.69. The van der Waals surface area contributed by atoms with Crippen LogP contribution in [0.15, 0.2) is 36.4 Å². The van der Waals surface area contributed by atoms with Gasteiger partial charge < -0.3 is 15.0 Å². The molecule has 2 heterocycles. The Kier molecular flexibility index (Phi) is 5.41. The number of hydrogen-bond donors (Lipinski definition) is 1. The topological polar surface area (TPSA) is 41.6 Å². The third-order valence-corrected chi connectivity index (χ3v) is 5.43. The maximum atomic E-state index is 12.1. The van der Waals surface area contributed by atoms with Crippen LogP contribution in [0.3, 0.4) is 0 Å². The van der Waals surface area contributed by atoms with Crippen molar-refractivity contribution < 1.29 is 9.53 Å². The summed E-state index contributed by atoms with van der Waals surface area (Å²) in [6.07, 6.45) is 1.58. The molecule has 1 saturated heterocycles. The van der Waals surface area contributed by atoms with E-state index in [-0.39, 0.29) is 5.91 Å². The van der Waals surface area contributed by atoms with Gasteiger partial charge in [0.05, 0.1) is 19.2 Å². The normalized spacial score (nSPS) is 17.1. The Bertz CT molecular complexity index is 698. The highest BCUT2D eigenvalue weighted by molar-refractivity contribution is 7.12. The number of carbonyl (C=O) groups is 1. The van der Waals surface area contributed by atoms with E-state index in [4.69, 9.17) is 4.74 Å². The van der Waals surface area contributed by atoms with Crippen molar-refractivity contribution in [3.8, 4) is 5.75 Å². The lowest BCUT2D eigenvalue weighted by Crippen LogP contribution is -2.31. The van der Waals surface area contributed by atoms with Crippen LogP contribution >= 0.6 is 11.3 Å². The van der Waals surface area contributed by atoms with Gasteiger partial charge in [-0.05, 0) is 43.5 Å². The van der Waals surface area contributed by atoms with Crippen molar-refractivity contribution in [1.29, 1.82) is 0 Å². The third kappa shape index (κ3) is 4.09. The molecule has 0 saturated carbocycles. The maximum Gasteiger partial charge on any atom is 0.225 e. The Morgan fingerprint density at radius 2 is 2.17 bits per heavy atom. The molecule has 2 aromatic rings. The van der Waals surface area contributed by atoms with E-state index in [0.29, 0.717) is 12.3 Å². The van der Waals surface area contributed by atoms with Crippen LogP contribution in [0.2, 0.25) is 0 Å². The van der Waals surface area contributed by atoms with Crippen LogP contribution < -0.4 is 15.0 Å². The van der Waals surface area contributed by atoms with Crippen LogP contribution in [0.1, 0.15) is 16.2 Å². The summed E-state index contributed by atoms with van der Waals surface area (Å²) in [5.41, 5.74) is 1.14. The Hall–Kier alpha value is -2.01. The Morgan fingerprint density at radius 3 is 2.92 bits per heavy atom. The molecule has 1 aliphatic heterocycles. The zero-order chi connectivity index (χ0) is 16.9. The number of carbonyl (C=O) groups excluding carboxylic acids is 1. The van der Waals surface area contributed by atoms with Gasteiger partial charge in [-0.2, -0.15) is 0 Å². The predicted octanol–water partition coefficient (Wildman–Crippen LogP) is 3.25. The van der Waals surface area contributed by atoms with E-state index in [1.54, 1.807) is 18.4 Å². The summed E-state index contributed by atoms with van der Waals surface area (Å²) in [7, 11) is 1.71. The van der Waals surface area contributed by atoms with Crippen molar-refractivity contribution in [2.24, 2.45) is 5.92 Å². The molecule has 24 heavy (non-hydrogen) atoms. The van der Waals surface area contributed by atoms with Crippen LogP contribution in [-0.2, 0) is 11.2 Å². The molecule has 128 valence electrons. The van der Waals surface area contributed by atoms with E-state index < -0.39 is 0 Å². The van der Waals surface area contributed by atoms with E-state index in [0.717, 1.165) is 42.4 Å². The monoisotopic (exact) mass is 344 g/mol. The first-order chi connectivity index (χ1) is 11.7. The molecule has 1 fully saturated rings. The number of thiophene rings is 1. The second kappa shape index (κ2) is 7.71. The van der Waals surface area contributed by atoms with Gasteiger partial charge in [0.1, 0.15) is 5.75 Å². The minimum Gasteiger partial charge on any atom is -0.495 e. The number of methoxy groups -OCH3 is 1. The zero-order valence-electron chi connectivity index (χ0n) is 14.2. The van der Waals surface area contributed by atoms with Gasteiger partial charge in [0.15, 0.2) is 0 Å². The number of amides is 1. The highest BCUT2D eigenvalue weighted by atomic mass is 32.1. The number of benzene rings is 1. The van der Waals surface area contributed by atoms with Crippen molar-refractivity contribution in [2.75, 3.05) is 31.6 Å². The summed E-state index contributed by atoms with van der Waals surface area (Å²) in [5.74, 6) is 1.52. The standard InChI is InChI=1S/C19H24N2O2S/c1-14-7-8-16(24-14)11-19(22)20-12-15-9-10-21(13-15)17-5-3-4-6-18(17)23-2/h3-8,15H,9-13H2,1-2H3,(H,20,22). The van der Waals surface area contributed by atoms with Gasteiger partial charge in [0.2, 0.25) is 5.91 Å². The largest absolute Gasteiger partial charge is 0.495 e. The maximum absolute atomic E-state index is 12.1. The Labute approximate surface area is 147 Å². The first-order valence-electron chi connectivity index (χ1n) is 8.35. The highest BCUT2D eigenvalue weighted by Gasteiger charge is 2.24. The molecule has 1 aliphatic rings. The second-order valence-electron chi connectivity index (χ2n) is 6.27. The Morgan fingerprint density at radius 1 is 1.33 bits per heavy atom. The van der Waals surface area contributed by atoms with Crippen molar-refractivity contribution in [1.82, 2.24) is 5.32 Å². The summed E-state index contributed by atoms with van der Waals surface area (Å²) in [4.78, 5) is 16.8. The fraction of sp³-hybridized carbons (Fsp3) is 0.421. The number of rotatable bonds is 6. The van der Waals surface area contributed by atoms with Gasteiger partial charge in [-0.1, -0.05) is 12.1 Å². The lowest BCUT2D eigenvalue weighted by molar-refractivity contribution is -0.120. The molecule has 1 amide bonds. The van der Waals surface area contributed by atoms with Crippen LogP contribution in [0.25, 0.3) is 0 Å². The minimum absolute atomic E-state index is 0.118. The number of ether oxygens (including phenoxy) is 1. The fourth-order valence-electron chi connectivity index (χ4n) is 3.17. The van der Waals surface area contributed by atoms with E-state index in [9.17, 15) is 4.79 Å².